The molecule has 3 rings (SSSR count). The first-order chi connectivity index (χ1) is 11.2. The predicted molar refractivity (Wildman–Crippen MR) is 89.7 cm³/mol. The second-order valence-electron chi connectivity index (χ2n) is 5.91. The predicted octanol–water partition coefficient (Wildman–Crippen LogP) is 1.90. The summed E-state index contributed by atoms with van der Waals surface area (Å²) in [6.07, 6.45) is 4.23. The van der Waals surface area contributed by atoms with Gasteiger partial charge in [0.2, 0.25) is 5.95 Å². The van der Waals surface area contributed by atoms with Gasteiger partial charge in [-0.2, -0.15) is 0 Å². The Hall–Kier alpha value is -2.47. The van der Waals surface area contributed by atoms with Crippen molar-refractivity contribution >= 4 is 17.5 Å². The molecule has 1 atom stereocenters. The number of hydrogen-bond acceptors (Lipinski definition) is 5. The third kappa shape index (κ3) is 4.26. The molecule has 1 aliphatic rings. The van der Waals surface area contributed by atoms with Crippen molar-refractivity contribution in [3.8, 4) is 0 Å². The molecule has 1 unspecified atom stereocenters. The van der Waals surface area contributed by atoms with Crippen LogP contribution < -0.4 is 10.6 Å². The van der Waals surface area contributed by atoms with Gasteiger partial charge in [-0.25, -0.2) is 9.97 Å². The van der Waals surface area contributed by atoms with Crippen molar-refractivity contribution in [3.63, 3.8) is 0 Å². The van der Waals surface area contributed by atoms with Gasteiger partial charge in [-0.15, -0.1) is 0 Å². The van der Waals surface area contributed by atoms with Crippen LogP contribution in [0.1, 0.15) is 16.8 Å². The summed E-state index contributed by atoms with van der Waals surface area (Å²) in [5, 5.41) is 6.06. The van der Waals surface area contributed by atoms with Gasteiger partial charge in [0.25, 0.3) is 5.91 Å². The van der Waals surface area contributed by atoms with Crippen LogP contribution in [-0.4, -0.2) is 47.5 Å². The summed E-state index contributed by atoms with van der Waals surface area (Å²) in [5.41, 5.74) is 1.39. The third-order valence-corrected chi connectivity index (χ3v) is 3.98. The number of amides is 1. The van der Waals surface area contributed by atoms with E-state index < -0.39 is 0 Å². The van der Waals surface area contributed by atoms with Crippen LogP contribution in [0.2, 0.25) is 0 Å². The Morgan fingerprint density at radius 3 is 2.65 bits per heavy atom. The second-order valence-corrected chi connectivity index (χ2v) is 5.91. The molecule has 0 aliphatic carbocycles. The summed E-state index contributed by atoms with van der Waals surface area (Å²) in [6.45, 7) is 2.84. The van der Waals surface area contributed by atoms with Crippen LogP contribution in [0.15, 0.2) is 42.7 Å². The van der Waals surface area contributed by atoms with Gasteiger partial charge in [0.1, 0.15) is 0 Å². The van der Waals surface area contributed by atoms with Crippen molar-refractivity contribution in [2.24, 2.45) is 5.92 Å². The molecule has 0 saturated carbocycles. The van der Waals surface area contributed by atoms with E-state index in [1.54, 1.807) is 12.4 Å². The summed E-state index contributed by atoms with van der Waals surface area (Å²) in [6, 6.07) is 9.68. The van der Waals surface area contributed by atoms with E-state index >= 15 is 0 Å². The van der Waals surface area contributed by atoms with Crippen molar-refractivity contribution < 1.29 is 4.79 Å². The van der Waals surface area contributed by atoms with Crippen molar-refractivity contribution in [1.29, 1.82) is 0 Å². The molecule has 0 radical (unpaired) electrons. The molecule has 2 heterocycles. The fourth-order valence-corrected chi connectivity index (χ4v) is 2.69. The first kappa shape index (κ1) is 15.4. The van der Waals surface area contributed by atoms with E-state index in [0.29, 0.717) is 24.0 Å². The highest BCUT2D eigenvalue weighted by Gasteiger charge is 2.20. The minimum Gasteiger partial charge on any atom is -0.352 e. The van der Waals surface area contributed by atoms with Crippen LogP contribution in [0.25, 0.3) is 0 Å². The lowest BCUT2D eigenvalue weighted by molar-refractivity contribution is 0.0947. The van der Waals surface area contributed by atoms with Gasteiger partial charge in [0, 0.05) is 31.2 Å². The largest absolute Gasteiger partial charge is 0.352 e. The number of benzene rings is 1. The van der Waals surface area contributed by atoms with Gasteiger partial charge in [-0.1, -0.05) is 18.2 Å². The lowest BCUT2D eigenvalue weighted by Crippen LogP contribution is -2.30. The van der Waals surface area contributed by atoms with Crippen LogP contribution >= 0.6 is 0 Å². The lowest BCUT2D eigenvalue weighted by Gasteiger charge is -2.11. The van der Waals surface area contributed by atoms with Crippen molar-refractivity contribution in [2.75, 3.05) is 32.0 Å². The van der Waals surface area contributed by atoms with Crippen molar-refractivity contribution in [2.45, 2.75) is 6.42 Å². The number of nitrogens with one attached hydrogen (secondary N) is 2. The molecule has 6 nitrogen and oxygen atoms in total. The van der Waals surface area contributed by atoms with Crippen LogP contribution in [-0.2, 0) is 0 Å². The highest BCUT2D eigenvalue weighted by Crippen LogP contribution is 2.14. The minimum atomic E-state index is -0.120. The first-order valence-electron chi connectivity index (χ1n) is 7.81. The van der Waals surface area contributed by atoms with E-state index in [2.05, 4.69) is 32.5 Å². The number of aromatic nitrogens is 2. The average molecular weight is 311 g/mol. The molecule has 0 bridgehead atoms. The molecule has 1 aromatic heterocycles. The van der Waals surface area contributed by atoms with Gasteiger partial charge in [0.05, 0.1) is 5.56 Å². The summed E-state index contributed by atoms with van der Waals surface area (Å²) in [4.78, 5) is 22.8. The van der Waals surface area contributed by atoms with Gasteiger partial charge < -0.3 is 15.5 Å². The van der Waals surface area contributed by atoms with E-state index in [9.17, 15) is 4.79 Å². The van der Waals surface area contributed by atoms with Crippen molar-refractivity contribution in [3.05, 3.63) is 48.3 Å². The molecule has 2 N–H and O–H groups in total. The maximum absolute atomic E-state index is 12.1. The molecule has 0 spiro atoms. The zero-order valence-corrected chi connectivity index (χ0v) is 13.2. The number of carbonyl (C=O) groups is 1. The Morgan fingerprint density at radius 1 is 1.26 bits per heavy atom. The molecule has 1 fully saturated rings. The highest BCUT2D eigenvalue weighted by atomic mass is 16.1. The summed E-state index contributed by atoms with van der Waals surface area (Å²) in [7, 11) is 2.11. The standard InChI is InChI=1S/C17H21N5O/c1-22-8-7-13(12-22)9-18-16(23)14-10-19-17(20-11-14)21-15-5-3-2-4-6-15/h2-6,10-11,13H,7-9,12H2,1H3,(H,18,23)(H,19,20,21). The fourth-order valence-electron chi connectivity index (χ4n) is 2.69. The molecule has 1 amide bonds. The summed E-state index contributed by atoms with van der Waals surface area (Å²) in [5.74, 6) is 0.889. The van der Waals surface area contributed by atoms with E-state index in [4.69, 9.17) is 0 Å². The SMILES string of the molecule is CN1CCC(CNC(=O)c2cnc(Nc3ccccc3)nc2)C1. The number of hydrogen-bond donors (Lipinski definition) is 2. The molecule has 23 heavy (non-hydrogen) atoms. The van der Waals surface area contributed by atoms with Crippen LogP contribution in [0, 0.1) is 5.92 Å². The molecule has 1 aliphatic heterocycles. The Balaban J connectivity index is 1.53. The number of anilines is 2. The minimum absolute atomic E-state index is 0.120. The van der Waals surface area contributed by atoms with E-state index in [1.807, 2.05) is 30.3 Å². The Kier molecular flexibility index (Phi) is 4.83. The maximum atomic E-state index is 12.1. The summed E-state index contributed by atoms with van der Waals surface area (Å²) < 4.78 is 0. The highest BCUT2D eigenvalue weighted by molar-refractivity contribution is 5.93. The fraction of sp³-hybridized carbons (Fsp3) is 0.353. The van der Waals surface area contributed by atoms with Gasteiger partial charge >= 0.3 is 0 Å². The third-order valence-electron chi connectivity index (χ3n) is 3.98. The lowest BCUT2D eigenvalue weighted by atomic mass is 10.1. The zero-order valence-electron chi connectivity index (χ0n) is 13.2. The molecule has 1 saturated heterocycles. The number of carbonyl (C=O) groups excluding carboxylic acids is 1. The number of rotatable bonds is 5. The number of nitrogens with zero attached hydrogens (tertiary/aromatic N) is 3. The topological polar surface area (TPSA) is 70.2 Å². The normalized spacial score (nSPS) is 17.9. The van der Waals surface area contributed by atoms with Gasteiger partial charge in [-0.3, -0.25) is 4.79 Å². The average Bonchev–Trinajstić information content (AvgIpc) is 3.00. The number of para-hydroxylation sites is 1. The second kappa shape index (κ2) is 7.19. The quantitative estimate of drug-likeness (QED) is 0.882. The maximum Gasteiger partial charge on any atom is 0.254 e. The monoisotopic (exact) mass is 311 g/mol. The molecule has 2 aromatic rings. The Labute approximate surface area is 135 Å². The molecule has 6 heteroatoms. The zero-order chi connectivity index (χ0) is 16.1. The van der Waals surface area contributed by atoms with Crippen LogP contribution in [0.3, 0.4) is 0 Å². The smallest absolute Gasteiger partial charge is 0.254 e. The Morgan fingerprint density at radius 2 is 2.00 bits per heavy atom. The van der Waals surface area contributed by atoms with E-state index in [-0.39, 0.29) is 5.91 Å². The van der Waals surface area contributed by atoms with E-state index in [0.717, 1.165) is 25.2 Å². The number of likely N-dealkylation sites (tertiary alicyclic amines) is 1. The summed E-state index contributed by atoms with van der Waals surface area (Å²) >= 11 is 0. The Bertz CT molecular complexity index is 644. The van der Waals surface area contributed by atoms with Crippen LogP contribution in [0.4, 0.5) is 11.6 Å². The van der Waals surface area contributed by atoms with E-state index in [1.165, 1.54) is 0 Å². The molecular formula is C17H21N5O. The molecule has 120 valence electrons. The van der Waals surface area contributed by atoms with Gasteiger partial charge in [-0.05, 0) is 38.1 Å². The molecule has 1 aromatic carbocycles. The van der Waals surface area contributed by atoms with Crippen molar-refractivity contribution in [1.82, 2.24) is 20.2 Å². The van der Waals surface area contributed by atoms with Crippen LogP contribution in [0.5, 0.6) is 0 Å². The first-order valence-corrected chi connectivity index (χ1v) is 7.81. The van der Waals surface area contributed by atoms with Gasteiger partial charge in [0.15, 0.2) is 0 Å². The molecular weight excluding hydrogens is 290 g/mol.